The molecule has 1 saturated carbocycles. The monoisotopic (exact) mass is 241 g/mol. The molecule has 17 heavy (non-hydrogen) atoms. The van der Waals surface area contributed by atoms with Crippen LogP contribution in [0, 0.1) is 11.6 Å². The second-order valence-corrected chi connectivity index (χ2v) is 3.92. The maximum atomic E-state index is 13.6. The Balaban J connectivity index is 2.37. The van der Waals surface area contributed by atoms with Gasteiger partial charge in [-0.1, -0.05) is 0 Å². The van der Waals surface area contributed by atoms with Gasteiger partial charge < -0.3 is 10.1 Å². The molecule has 92 valence electrons. The summed E-state index contributed by atoms with van der Waals surface area (Å²) in [5.41, 5.74) is -0.440. The standard InChI is InChI=1S/C12H13F2NO2/c1-2-17-12(16)10-8(13)5-6-9(14)11(10)15-7-3-4-7/h5-7,15H,2-4H2,1H3. The number of rotatable bonds is 4. The molecule has 0 heterocycles. The summed E-state index contributed by atoms with van der Waals surface area (Å²) in [5, 5.41) is 2.82. The second-order valence-electron chi connectivity index (χ2n) is 3.92. The van der Waals surface area contributed by atoms with Gasteiger partial charge in [0.25, 0.3) is 0 Å². The van der Waals surface area contributed by atoms with Crippen molar-refractivity contribution in [3.63, 3.8) is 0 Å². The summed E-state index contributed by atoms with van der Waals surface area (Å²) in [6.45, 7) is 1.74. The minimum Gasteiger partial charge on any atom is -0.462 e. The van der Waals surface area contributed by atoms with E-state index >= 15 is 0 Å². The highest BCUT2D eigenvalue weighted by Crippen LogP contribution is 2.30. The molecule has 0 amide bonds. The largest absolute Gasteiger partial charge is 0.462 e. The minimum absolute atomic E-state index is 0.0917. The number of ether oxygens (including phenoxy) is 1. The Morgan fingerprint density at radius 1 is 1.41 bits per heavy atom. The van der Waals surface area contributed by atoms with Crippen molar-refractivity contribution in [2.45, 2.75) is 25.8 Å². The predicted octanol–water partition coefficient (Wildman–Crippen LogP) is 2.72. The fourth-order valence-electron chi connectivity index (χ4n) is 1.53. The van der Waals surface area contributed by atoms with Gasteiger partial charge >= 0.3 is 5.97 Å². The van der Waals surface area contributed by atoms with Crippen LogP contribution in [-0.2, 0) is 4.74 Å². The van der Waals surface area contributed by atoms with Gasteiger partial charge in [0, 0.05) is 6.04 Å². The minimum atomic E-state index is -0.840. The summed E-state index contributed by atoms with van der Waals surface area (Å²) in [7, 11) is 0. The summed E-state index contributed by atoms with van der Waals surface area (Å²) >= 11 is 0. The number of benzene rings is 1. The zero-order valence-corrected chi connectivity index (χ0v) is 9.43. The molecule has 0 bridgehead atoms. The quantitative estimate of drug-likeness (QED) is 0.824. The maximum absolute atomic E-state index is 13.6. The van der Waals surface area contributed by atoms with Crippen molar-refractivity contribution in [2.24, 2.45) is 0 Å². The molecule has 3 nitrogen and oxygen atoms in total. The molecule has 0 saturated heterocycles. The maximum Gasteiger partial charge on any atom is 0.343 e. The smallest absolute Gasteiger partial charge is 0.343 e. The lowest BCUT2D eigenvalue weighted by Crippen LogP contribution is -2.14. The van der Waals surface area contributed by atoms with E-state index in [2.05, 4.69) is 5.32 Å². The van der Waals surface area contributed by atoms with Gasteiger partial charge in [-0.15, -0.1) is 0 Å². The van der Waals surface area contributed by atoms with Crippen LogP contribution in [0.5, 0.6) is 0 Å². The molecular weight excluding hydrogens is 228 g/mol. The molecule has 0 aromatic heterocycles. The summed E-state index contributed by atoms with van der Waals surface area (Å²) in [4.78, 5) is 11.6. The normalized spacial score (nSPS) is 14.5. The first-order valence-corrected chi connectivity index (χ1v) is 5.55. The van der Waals surface area contributed by atoms with E-state index in [9.17, 15) is 13.6 Å². The van der Waals surface area contributed by atoms with Crippen LogP contribution in [0.2, 0.25) is 0 Å². The number of nitrogens with one attached hydrogen (secondary N) is 1. The zero-order valence-electron chi connectivity index (χ0n) is 9.43. The number of carbonyl (C=O) groups is 1. The van der Waals surface area contributed by atoms with Gasteiger partial charge in [0.2, 0.25) is 0 Å². The Morgan fingerprint density at radius 2 is 2.06 bits per heavy atom. The number of hydrogen-bond acceptors (Lipinski definition) is 3. The molecule has 0 aliphatic heterocycles. The topological polar surface area (TPSA) is 38.3 Å². The fraction of sp³-hybridized carbons (Fsp3) is 0.417. The van der Waals surface area contributed by atoms with E-state index in [1.807, 2.05) is 0 Å². The highest BCUT2D eigenvalue weighted by Gasteiger charge is 2.27. The van der Waals surface area contributed by atoms with Crippen molar-refractivity contribution < 1.29 is 18.3 Å². The molecule has 0 radical (unpaired) electrons. The van der Waals surface area contributed by atoms with Gasteiger partial charge in [-0.3, -0.25) is 0 Å². The first kappa shape index (κ1) is 11.8. The fourth-order valence-corrected chi connectivity index (χ4v) is 1.53. The van der Waals surface area contributed by atoms with Crippen LogP contribution in [0.15, 0.2) is 12.1 Å². The summed E-state index contributed by atoms with van der Waals surface area (Å²) in [6.07, 6.45) is 1.80. The lowest BCUT2D eigenvalue weighted by molar-refractivity contribution is 0.0521. The van der Waals surface area contributed by atoms with Gasteiger partial charge in [0.1, 0.15) is 17.2 Å². The second kappa shape index (κ2) is 4.69. The van der Waals surface area contributed by atoms with E-state index in [1.54, 1.807) is 6.92 Å². The number of carbonyl (C=O) groups excluding carboxylic acids is 1. The van der Waals surface area contributed by atoms with Gasteiger partial charge in [0.05, 0.1) is 12.3 Å². The molecule has 0 atom stereocenters. The van der Waals surface area contributed by atoms with Crippen molar-refractivity contribution in [1.82, 2.24) is 0 Å². The average molecular weight is 241 g/mol. The van der Waals surface area contributed by atoms with Crippen LogP contribution >= 0.6 is 0 Å². The third-order valence-electron chi connectivity index (χ3n) is 2.51. The lowest BCUT2D eigenvalue weighted by Gasteiger charge is -2.12. The van der Waals surface area contributed by atoms with Crippen LogP contribution in [0.1, 0.15) is 30.1 Å². The molecule has 1 aliphatic carbocycles. The first-order valence-electron chi connectivity index (χ1n) is 5.55. The van der Waals surface area contributed by atoms with Gasteiger partial charge in [-0.25, -0.2) is 13.6 Å². The van der Waals surface area contributed by atoms with Crippen LogP contribution in [0.3, 0.4) is 0 Å². The Bertz CT molecular complexity index is 444. The summed E-state index contributed by atoms with van der Waals surface area (Å²) < 4.78 is 31.9. The zero-order chi connectivity index (χ0) is 12.4. The highest BCUT2D eigenvalue weighted by molar-refractivity contribution is 5.96. The Morgan fingerprint density at radius 3 is 2.65 bits per heavy atom. The molecule has 1 aromatic carbocycles. The van der Waals surface area contributed by atoms with E-state index in [0.29, 0.717) is 0 Å². The van der Waals surface area contributed by atoms with Crippen molar-refractivity contribution >= 4 is 11.7 Å². The van der Waals surface area contributed by atoms with Crippen LogP contribution in [-0.4, -0.2) is 18.6 Å². The first-order chi connectivity index (χ1) is 8.13. The molecule has 1 N–H and O–H groups in total. The number of hydrogen-bond donors (Lipinski definition) is 1. The van der Waals surface area contributed by atoms with Gasteiger partial charge in [-0.05, 0) is 31.9 Å². The van der Waals surface area contributed by atoms with Crippen molar-refractivity contribution in [1.29, 1.82) is 0 Å². The van der Waals surface area contributed by atoms with Gasteiger partial charge in [-0.2, -0.15) is 0 Å². The van der Waals surface area contributed by atoms with Crippen LogP contribution in [0.25, 0.3) is 0 Å². The number of halogens is 2. The van der Waals surface area contributed by atoms with E-state index in [-0.39, 0.29) is 23.9 Å². The highest BCUT2D eigenvalue weighted by atomic mass is 19.1. The van der Waals surface area contributed by atoms with E-state index in [1.165, 1.54) is 0 Å². The molecular formula is C12H13F2NO2. The van der Waals surface area contributed by atoms with Crippen molar-refractivity contribution in [3.8, 4) is 0 Å². The lowest BCUT2D eigenvalue weighted by atomic mass is 10.1. The molecule has 5 heteroatoms. The third-order valence-corrected chi connectivity index (χ3v) is 2.51. The Kier molecular flexibility index (Phi) is 3.26. The third kappa shape index (κ3) is 2.54. The summed E-state index contributed by atoms with van der Waals surface area (Å²) in [6, 6.07) is 2.06. The summed E-state index contributed by atoms with van der Waals surface area (Å²) in [5.74, 6) is -2.25. The molecule has 1 fully saturated rings. The Labute approximate surface area is 97.8 Å². The van der Waals surface area contributed by atoms with E-state index in [0.717, 1.165) is 25.0 Å². The Hall–Kier alpha value is -1.65. The average Bonchev–Trinajstić information content (AvgIpc) is 3.08. The predicted molar refractivity (Wildman–Crippen MR) is 59.0 cm³/mol. The molecule has 2 rings (SSSR count). The van der Waals surface area contributed by atoms with E-state index in [4.69, 9.17) is 4.74 Å². The molecule has 0 spiro atoms. The molecule has 0 unspecified atom stereocenters. The van der Waals surface area contributed by atoms with E-state index < -0.39 is 17.6 Å². The van der Waals surface area contributed by atoms with Gasteiger partial charge in [0.15, 0.2) is 0 Å². The number of esters is 1. The van der Waals surface area contributed by atoms with Crippen LogP contribution in [0.4, 0.5) is 14.5 Å². The SMILES string of the molecule is CCOC(=O)c1c(F)ccc(F)c1NC1CC1. The van der Waals surface area contributed by atoms with Crippen LogP contribution < -0.4 is 5.32 Å². The molecule has 1 aliphatic rings. The van der Waals surface area contributed by atoms with Crippen molar-refractivity contribution in [2.75, 3.05) is 11.9 Å². The molecule has 1 aromatic rings. The van der Waals surface area contributed by atoms with Crippen molar-refractivity contribution in [3.05, 3.63) is 29.3 Å². The number of anilines is 1.